The summed E-state index contributed by atoms with van der Waals surface area (Å²) in [4.78, 5) is 30.5. The van der Waals surface area contributed by atoms with Crippen LogP contribution in [0, 0.1) is 5.41 Å². The SMILES string of the molecule is N=c1ncn(C[C@@H]2CN(C(=O)c3cc4cc5c(cc4[nH]3)OCO5)c3cc(O)c4ccccc4c32)c2nc[nH]c12. The lowest BCUT2D eigenvalue weighted by Gasteiger charge is -2.18. The second kappa shape index (κ2) is 7.84. The highest BCUT2D eigenvalue weighted by Crippen LogP contribution is 2.46. The van der Waals surface area contributed by atoms with Gasteiger partial charge in [0.15, 0.2) is 22.6 Å². The molecule has 1 atom stereocenters. The molecule has 0 unspecified atom stereocenters. The molecule has 0 aliphatic carbocycles. The van der Waals surface area contributed by atoms with Gasteiger partial charge in [-0.05, 0) is 23.1 Å². The first kappa shape index (κ1) is 21.7. The summed E-state index contributed by atoms with van der Waals surface area (Å²) in [6, 6.07) is 14.8. The van der Waals surface area contributed by atoms with E-state index < -0.39 is 0 Å². The van der Waals surface area contributed by atoms with Crippen LogP contribution in [0.2, 0.25) is 0 Å². The first-order chi connectivity index (χ1) is 19.0. The number of H-pyrrole nitrogens is 2. The summed E-state index contributed by atoms with van der Waals surface area (Å²) >= 11 is 0. The Balaban J connectivity index is 1.25. The summed E-state index contributed by atoms with van der Waals surface area (Å²) < 4.78 is 12.9. The molecule has 39 heavy (non-hydrogen) atoms. The molecule has 0 spiro atoms. The molecular formula is C28H21N7O4. The number of carbonyl (C=O) groups excluding carboxylic acids is 1. The van der Waals surface area contributed by atoms with E-state index >= 15 is 0 Å². The van der Waals surface area contributed by atoms with Crippen molar-refractivity contribution < 1.29 is 19.4 Å². The third-order valence-electron chi connectivity index (χ3n) is 7.61. The number of carbonyl (C=O) groups is 1. The number of nitrogens with zero attached hydrogens (tertiary/aromatic N) is 4. The third-order valence-corrected chi connectivity index (χ3v) is 7.61. The molecule has 1 amide bonds. The number of hydrogen-bond donors (Lipinski definition) is 4. The number of nitrogens with one attached hydrogen (secondary N) is 3. The molecule has 2 aliphatic heterocycles. The number of rotatable bonds is 3. The van der Waals surface area contributed by atoms with Gasteiger partial charge in [-0.3, -0.25) is 10.2 Å². The second-order valence-electron chi connectivity index (χ2n) is 9.81. The molecule has 0 saturated heterocycles. The molecule has 8 rings (SSSR count). The predicted molar refractivity (Wildman–Crippen MR) is 142 cm³/mol. The standard InChI is InChI=1S/C28H21N7O4/c29-26-25-27(31-11-30-25)34(12-32-26)9-15-10-35(20-8-21(36)16-3-1-2-4-17(16)24(15)20)28(37)19-5-14-6-22-23(39-13-38-22)7-18(14)33-19/h1-8,11-12,15,29,33,36H,9-10,13H2,(H,30,31)/t15-/m1/s1. The van der Waals surface area contributed by atoms with E-state index in [0.717, 1.165) is 27.2 Å². The first-order valence-electron chi connectivity index (χ1n) is 12.5. The normalized spacial score (nSPS) is 16.0. The topological polar surface area (TPSA) is 145 Å². The van der Waals surface area contributed by atoms with Crippen LogP contribution in [0.4, 0.5) is 5.69 Å². The quantitative estimate of drug-likeness (QED) is 0.280. The van der Waals surface area contributed by atoms with Crippen molar-refractivity contribution >= 4 is 44.4 Å². The minimum Gasteiger partial charge on any atom is -0.507 e. The van der Waals surface area contributed by atoms with Gasteiger partial charge >= 0.3 is 0 Å². The van der Waals surface area contributed by atoms with E-state index in [4.69, 9.17) is 14.9 Å². The highest BCUT2D eigenvalue weighted by molar-refractivity contribution is 6.11. The zero-order chi connectivity index (χ0) is 26.2. The fourth-order valence-corrected chi connectivity index (χ4v) is 5.85. The minimum atomic E-state index is -0.207. The molecule has 3 aromatic heterocycles. The van der Waals surface area contributed by atoms with Gasteiger partial charge in [-0.2, -0.15) is 0 Å². The van der Waals surface area contributed by atoms with E-state index in [0.29, 0.717) is 47.1 Å². The number of phenolic OH excluding ortho intramolecular Hbond substituents is 1. The highest BCUT2D eigenvalue weighted by Gasteiger charge is 2.36. The summed E-state index contributed by atoms with van der Waals surface area (Å²) in [5.74, 6) is 1.08. The average Bonchev–Trinajstić information content (AvgIpc) is 3.74. The fraction of sp³-hybridized carbons (Fsp3) is 0.143. The maximum absolute atomic E-state index is 14.0. The van der Waals surface area contributed by atoms with Crippen molar-refractivity contribution in [3.8, 4) is 17.2 Å². The molecule has 0 radical (unpaired) electrons. The van der Waals surface area contributed by atoms with Crippen LogP contribution >= 0.6 is 0 Å². The number of aromatic amines is 2. The van der Waals surface area contributed by atoms with Crippen LogP contribution in [0.5, 0.6) is 17.2 Å². The molecule has 0 fully saturated rings. The summed E-state index contributed by atoms with van der Waals surface area (Å²) in [7, 11) is 0. The fourth-order valence-electron chi connectivity index (χ4n) is 5.85. The van der Waals surface area contributed by atoms with Crippen LogP contribution in [0.3, 0.4) is 0 Å². The number of imidazole rings is 1. The van der Waals surface area contributed by atoms with Crippen molar-refractivity contribution in [3.05, 3.63) is 77.9 Å². The van der Waals surface area contributed by atoms with Crippen LogP contribution < -0.4 is 19.9 Å². The Hall–Kier alpha value is -5.32. The summed E-state index contributed by atoms with van der Waals surface area (Å²) in [6.45, 7) is 1.05. The number of ether oxygens (including phenoxy) is 2. The van der Waals surface area contributed by atoms with Gasteiger partial charge in [0, 0.05) is 47.4 Å². The Labute approximate surface area is 219 Å². The van der Waals surface area contributed by atoms with E-state index in [9.17, 15) is 9.90 Å². The number of anilines is 1. The van der Waals surface area contributed by atoms with Gasteiger partial charge in [0.05, 0.1) is 18.3 Å². The van der Waals surface area contributed by atoms with Crippen molar-refractivity contribution in [3.63, 3.8) is 0 Å². The van der Waals surface area contributed by atoms with Gasteiger partial charge in [-0.15, -0.1) is 0 Å². The van der Waals surface area contributed by atoms with Crippen LogP contribution in [0.1, 0.15) is 22.0 Å². The van der Waals surface area contributed by atoms with E-state index in [1.807, 2.05) is 47.0 Å². The van der Waals surface area contributed by atoms with Crippen molar-refractivity contribution in [1.29, 1.82) is 5.41 Å². The number of aromatic nitrogens is 5. The molecule has 6 aromatic rings. The lowest BCUT2D eigenvalue weighted by atomic mass is 9.94. The van der Waals surface area contributed by atoms with Crippen LogP contribution in [-0.4, -0.2) is 48.9 Å². The van der Waals surface area contributed by atoms with Gasteiger partial charge in [0.1, 0.15) is 17.0 Å². The predicted octanol–water partition coefficient (Wildman–Crippen LogP) is 3.75. The molecule has 5 heterocycles. The molecule has 2 aliphatic rings. The largest absolute Gasteiger partial charge is 0.507 e. The van der Waals surface area contributed by atoms with Gasteiger partial charge < -0.3 is 34.0 Å². The molecular weight excluding hydrogens is 498 g/mol. The Morgan fingerprint density at radius 1 is 1.10 bits per heavy atom. The molecule has 3 aromatic carbocycles. The number of phenols is 1. The lowest BCUT2D eigenvalue weighted by molar-refractivity contribution is 0.0984. The Morgan fingerprint density at radius 2 is 1.92 bits per heavy atom. The minimum absolute atomic E-state index is 0.118. The zero-order valence-corrected chi connectivity index (χ0v) is 20.4. The smallest absolute Gasteiger partial charge is 0.274 e. The molecule has 11 nitrogen and oxygen atoms in total. The Bertz CT molecular complexity index is 2000. The van der Waals surface area contributed by atoms with E-state index in [1.54, 1.807) is 23.6 Å². The number of fused-ring (bicyclic) bond motifs is 6. The van der Waals surface area contributed by atoms with Gasteiger partial charge in [-0.1, -0.05) is 24.3 Å². The summed E-state index contributed by atoms with van der Waals surface area (Å²) in [6.07, 6.45) is 3.16. The maximum atomic E-state index is 14.0. The maximum Gasteiger partial charge on any atom is 0.274 e. The number of hydrogen-bond acceptors (Lipinski definition) is 7. The molecule has 4 N–H and O–H groups in total. The van der Waals surface area contributed by atoms with Crippen LogP contribution in [0.25, 0.3) is 32.8 Å². The summed E-state index contributed by atoms with van der Waals surface area (Å²) in [5.41, 5.74) is 4.14. The van der Waals surface area contributed by atoms with Gasteiger partial charge in [-0.25, -0.2) is 9.97 Å². The van der Waals surface area contributed by atoms with Crippen LogP contribution in [-0.2, 0) is 6.54 Å². The number of amides is 1. The van der Waals surface area contributed by atoms with Crippen molar-refractivity contribution in [1.82, 2.24) is 24.5 Å². The molecule has 0 bridgehead atoms. The Kier molecular flexibility index (Phi) is 4.37. The highest BCUT2D eigenvalue weighted by atomic mass is 16.7. The molecule has 11 heteroatoms. The second-order valence-corrected chi connectivity index (χ2v) is 9.81. The van der Waals surface area contributed by atoms with Crippen molar-refractivity contribution in [2.24, 2.45) is 0 Å². The summed E-state index contributed by atoms with van der Waals surface area (Å²) in [5, 5.41) is 21.5. The monoisotopic (exact) mass is 519 g/mol. The zero-order valence-electron chi connectivity index (χ0n) is 20.4. The number of aromatic hydroxyl groups is 1. The van der Waals surface area contributed by atoms with Crippen LogP contribution in [0.15, 0.2) is 61.2 Å². The van der Waals surface area contributed by atoms with E-state index in [-0.39, 0.29) is 29.9 Å². The average molecular weight is 520 g/mol. The molecule has 0 saturated carbocycles. The third kappa shape index (κ3) is 3.16. The molecule has 192 valence electrons. The number of benzene rings is 3. The van der Waals surface area contributed by atoms with Crippen molar-refractivity contribution in [2.75, 3.05) is 18.2 Å². The van der Waals surface area contributed by atoms with Gasteiger partial charge in [0.2, 0.25) is 6.79 Å². The van der Waals surface area contributed by atoms with Crippen molar-refractivity contribution in [2.45, 2.75) is 12.5 Å². The first-order valence-corrected chi connectivity index (χ1v) is 12.5. The van der Waals surface area contributed by atoms with E-state index in [1.165, 1.54) is 0 Å². The van der Waals surface area contributed by atoms with E-state index in [2.05, 4.69) is 19.9 Å². The Morgan fingerprint density at radius 3 is 2.79 bits per heavy atom. The van der Waals surface area contributed by atoms with Gasteiger partial charge in [0.25, 0.3) is 5.91 Å². The lowest BCUT2D eigenvalue weighted by Crippen LogP contribution is -2.31.